The van der Waals surface area contributed by atoms with Crippen molar-refractivity contribution in [3.8, 4) is 17.0 Å². The summed E-state index contributed by atoms with van der Waals surface area (Å²) >= 11 is 0. The summed E-state index contributed by atoms with van der Waals surface area (Å²) in [7, 11) is 1.44. The van der Waals surface area contributed by atoms with Gasteiger partial charge >= 0.3 is 0 Å². The highest BCUT2D eigenvalue weighted by Gasteiger charge is 2.33. The van der Waals surface area contributed by atoms with Crippen LogP contribution in [-0.4, -0.2) is 87.8 Å². The van der Waals surface area contributed by atoms with Crippen molar-refractivity contribution in [3.05, 3.63) is 119 Å². The number of ether oxygens (including phenoxy) is 1. The van der Waals surface area contributed by atoms with E-state index in [1.54, 1.807) is 0 Å². The third kappa shape index (κ3) is 6.70. The molecule has 0 unspecified atom stereocenters. The van der Waals surface area contributed by atoms with Crippen molar-refractivity contribution < 1.29 is 18.7 Å². The van der Waals surface area contributed by atoms with Crippen LogP contribution in [0, 0.1) is 5.82 Å². The molecule has 3 aromatic carbocycles. The van der Waals surface area contributed by atoms with Gasteiger partial charge in [0.1, 0.15) is 35.2 Å². The number of benzene rings is 3. The van der Waals surface area contributed by atoms with Crippen molar-refractivity contribution in [2.45, 2.75) is 25.7 Å². The molecular formula is C41H40FN11O3. The Kier molecular flexibility index (Phi) is 9.13. The number of halogens is 1. The van der Waals surface area contributed by atoms with Gasteiger partial charge in [-0.15, -0.1) is 0 Å². The number of aromatic nitrogens is 5. The first-order valence-corrected chi connectivity index (χ1v) is 18.6. The van der Waals surface area contributed by atoms with Gasteiger partial charge in [0.05, 0.1) is 24.1 Å². The van der Waals surface area contributed by atoms with Gasteiger partial charge in [0, 0.05) is 81.9 Å². The van der Waals surface area contributed by atoms with E-state index >= 15 is 0 Å². The van der Waals surface area contributed by atoms with Gasteiger partial charge in [-0.25, -0.2) is 24.0 Å². The fourth-order valence-electron chi connectivity index (χ4n) is 7.70. The number of nitrogen functional groups attached to an aromatic ring is 1. The second kappa shape index (κ2) is 14.6. The van der Waals surface area contributed by atoms with Gasteiger partial charge in [0.15, 0.2) is 5.65 Å². The van der Waals surface area contributed by atoms with Crippen molar-refractivity contribution in [1.82, 2.24) is 40.3 Å². The molecule has 0 saturated carbocycles. The van der Waals surface area contributed by atoms with E-state index in [4.69, 9.17) is 20.6 Å². The Balaban J connectivity index is 0.813. The van der Waals surface area contributed by atoms with Crippen LogP contribution in [0.2, 0.25) is 0 Å². The molecule has 6 heterocycles. The predicted octanol–water partition coefficient (Wildman–Crippen LogP) is 4.18. The summed E-state index contributed by atoms with van der Waals surface area (Å²) in [5.41, 5.74) is 13.8. The van der Waals surface area contributed by atoms with Gasteiger partial charge in [-0.05, 0) is 59.2 Å². The monoisotopic (exact) mass is 753 g/mol. The van der Waals surface area contributed by atoms with E-state index in [-0.39, 0.29) is 24.1 Å². The first kappa shape index (κ1) is 35.1. The number of carbonyl (C=O) groups is 2. The number of methoxy groups -OCH3 is 1. The summed E-state index contributed by atoms with van der Waals surface area (Å²) < 4.78 is 21.0. The lowest BCUT2D eigenvalue weighted by molar-refractivity contribution is 0.0944. The maximum atomic E-state index is 13.8. The van der Waals surface area contributed by atoms with Gasteiger partial charge < -0.3 is 30.9 Å². The molecule has 56 heavy (non-hydrogen) atoms. The second-order valence-corrected chi connectivity index (χ2v) is 14.3. The summed E-state index contributed by atoms with van der Waals surface area (Å²) in [6.45, 7) is 6.89. The highest BCUT2D eigenvalue weighted by Crippen LogP contribution is 2.35. The summed E-state index contributed by atoms with van der Waals surface area (Å²) in [5.74, 6) is 0.639. The number of fused-ring (bicyclic) bond motifs is 2. The molecule has 3 aliphatic heterocycles. The van der Waals surface area contributed by atoms with E-state index in [0.717, 1.165) is 80.0 Å². The highest BCUT2D eigenvalue weighted by molar-refractivity contribution is 5.99. The van der Waals surface area contributed by atoms with Crippen molar-refractivity contribution in [3.63, 3.8) is 0 Å². The molecule has 4 N–H and O–H groups in total. The van der Waals surface area contributed by atoms with E-state index in [1.165, 1.54) is 36.8 Å². The molecule has 9 rings (SSSR count). The van der Waals surface area contributed by atoms with Crippen molar-refractivity contribution in [2.24, 2.45) is 0 Å². The van der Waals surface area contributed by atoms with Crippen LogP contribution in [0.1, 0.15) is 43.4 Å². The first-order chi connectivity index (χ1) is 27.3. The molecule has 2 saturated heterocycles. The number of amides is 2. The number of hydrogen-bond acceptors (Lipinski definition) is 11. The van der Waals surface area contributed by atoms with Crippen molar-refractivity contribution >= 4 is 40.2 Å². The lowest BCUT2D eigenvalue weighted by atomic mass is 10.1. The molecule has 0 aliphatic carbocycles. The minimum Gasteiger partial charge on any atom is -0.496 e. The number of piperazine rings is 1. The normalized spacial score (nSPS) is 15.8. The Morgan fingerprint density at radius 2 is 1.75 bits per heavy atom. The molecule has 284 valence electrons. The number of anilines is 3. The first-order valence-electron chi connectivity index (χ1n) is 18.6. The number of rotatable bonds is 10. The van der Waals surface area contributed by atoms with Crippen LogP contribution in [0.15, 0.2) is 85.3 Å². The number of carbonyl (C=O) groups excluding carboxylic acids is 2. The fraction of sp³-hybridized carbons (Fsp3) is 0.268. The summed E-state index contributed by atoms with van der Waals surface area (Å²) in [4.78, 5) is 45.5. The molecule has 0 radical (unpaired) electrons. The highest BCUT2D eigenvalue weighted by atomic mass is 19.1. The zero-order valence-electron chi connectivity index (χ0n) is 30.8. The third-order valence-corrected chi connectivity index (χ3v) is 10.9. The van der Waals surface area contributed by atoms with E-state index in [0.29, 0.717) is 34.8 Å². The second-order valence-electron chi connectivity index (χ2n) is 14.3. The number of nitrogens with one attached hydrogen (secondary N) is 2. The standard InChI is InChI=1S/C41H40FN11O3/c1-56-34-10-7-29(42)17-33(34)41(55)45-18-25-2-5-27(6-3-25)37-36-38(43)47-24-48-39(36)53(49-37)31-22-52(23-31)35-11-4-26(19-44-35)21-50-12-14-51(15-13-50)30-8-9-32-28(16-30)20-46-40(32)54/h2-11,16-17,19,24,31H,12-15,18,20-23H2,1H3,(H,45,55)(H,46,54)(H2,43,47,48). The van der Waals surface area contributed by atoms with Crippen molar-refractivity contribution in [2.75, 3.05) is 61.9 Å². The Bertz CT molecular complexity index is 2440. The molecule has 0 bridgehead atoms. The molecule has 2 fully saturated rings. The van der Waals surface area contributed by atoms with E-state index in [1.807, 2.05) is 41.2 Å². The number of nitrogens with zero attached hydrogens (tertiary/aromatic N) is 8. The van der Waals surface area contributed by atoms with Crippen LogP contribution in [0.3, 0.4) is 0 Å². The quantitative estimate of drug-likeness (QED) is 0.184. The SMILES string of the molecule is COc1ccc(F)cc1C(=O)NCc1ccc(-c2nn(C3CN(c4ccc(CN5CCN(c6ccc7c(c6)CNC7=O)CC5)cn4)C3)c3ncnc(N)c23)cc1. The van der Waals surface area contributed by atoms with Gasteiger partial charge in [-0.3, -0.25) is 14.5 Å². The van der Waals surface area contributed by atoms with Gasteiger partial charge in [-0.1, -0.05) is 30.3 Å². The lowest BCUT2D eigenvalue weighted by Crippen LogP contribution is -2.48. The molecule has 0 spiro atoms. The van der Waals surface area contributed by atoms with Gasteiger partial charge in [-0.2, -0.15) is 5.10 Å². The number of hydrogen-bond donors (Lipinski definition) is 3. The Labute approximate surface area is 322 Å². The zero-order valence-corrected chi connectivity index (χ0v) is 30.8. The topological polar surface area (TPSA) is 160 Å². The van der Waals surface area contributed by atoms with Crippen LogP contribution < -0.4 is 30.9 Å². The Hall–Kier alpha value is -6.61. The average Bonchev–Trinajstić information content (AvgIpc) is 3.78. The van der Waals surface area contributed by atoms with E-state index < -0.39 is 11.7 Å². The molecule has 2 amide bonds. The predicted molar refractivity (Wildman–Crippen MR) is 210 cm³/mol. The number of pyridine rings is 1. The van der Waals surface area contributed by atoms with E-state index in [9.17, 15) is 14.0 Å². The summed E-state index contributed by atoms with van der Waals surface area (Å²) in [5, 5.41) is 11.4. The Morgan fingerprint density at radius 1 is 0.946 bits per heavy atom. The molecule has 3 aliphatic rings. The molecule has 6 aromatic rings. The fourth-order valence-corrected chi connectivity index (χ4v) is 7.70. The van der Waals surface area contributed by atoms with Crippen LogP contribution in [-0.2, 0) is 19.6 Å². The molecule has 14 nitrogen and oxygen atoms in total. The maximum absolute atomic E-state index is 13.8. The Morgan fingerprint density at radius 3 is 2.52 bits per heavy atom. The molecular weight excluding hydrogens is 714 g/mol. The smallest absolute Gasteiger partial charge is 0.255 e. The zero-order chi connectivity index (χ0) is 38.3. The number of nitrogens with two attached hydrogens (primary N) is 1. The lowest BCUT2D eigenvalue weighted by Gasteiger charge is -2.40. The van der Waals surface area contributed by atoms with Crippen LogP contribution >= 0.6 is 0 Å². The van der Waals surface area contributed by atoms with Crippen LogP contribution in [0.4, 0.5) is 21.7 Å². The van der Waals surface area contributed by atoms with Gasteiger partial charge in [0.2, 0.25) is 0 Å². The van der Waals surface area contributed by atoms with Crippen LogP contribution in [0.5, 0.6) is 5.75 Å². The van der Waals surface area contributed by atoms with Crippen LogP contribution in [0.25, 0.3) is 22.3 Å². The molecule has 0 atom stereocenters. The van der Waals surface area contributed by atoms with E-state index in [2.05, 4.69) is 59.6 Å². The maximum Gasteiger partial charge on any atom is 0.255 e. The minimum absolute atomic E-state index is 0.0147. The minimum atomic E-state index is -0.514. The molecule has 3 aromatic heterocycles. The van der Waals surface area contributed by atoms with Gasteiger partial charge in [0.25, 0.3) is 11.8 Å². The summed E-state index contributed by atoms with van der Waals surface area (Å²) in [6, 6.07) is 22.0. The molecule has 15 heteroatoms. The average molecular weight is 754 g/mol. The van der Waals surface area contributed by atoms with Crippen molar-refractivity contribution in [1.29, 1.82) is 0 Å². The summed E-state index contributed by atoms with van der Waals surface area (Å²) in [6.07, 6.45) is 3.44. The third-order valence-electron chi connectivity index (χ3n) is 10.9. The largest absolute Gasteiger partial charge is 0.496 e.